The number of aromatic nitrogens is 2. The first-order valence-electron chi connectivity index (χ1n) is 11.7. The summed E-state index contributed by atoms with van der Waals surface area (Å²) < 4.78 is 11.1. The van der Waals surface area contributed by atoms with Crippen LogP contribution in [0.5, 0.6) is 0 Å². The van der Waals surface area contributed by atoms with E-state index in [4.69, 9.17) is 9.47 Å². The number of H-pyrrole nitrogens is 1. The molecular formula is C28H27N3O4. The normalized spacial score (nSPS) is 13.3. The predicted octanol–water partition coefficient (Wildman–Crippen LogP) is 4.96. The highest BCUT2D eigenvalue weighted by atomic mass is 16.6. The van der Waals surface area contributed by atoms with Crippen molar-refractivity contribution in [3.63, 3.8) is 0 Å². The molecule has 178 valence electrons. The van der Waals surface area contributed by atoms with Crippen LogP contribution >= 0.6 is 0 Å². The lowest BCUT2D eigenvalue weighted by atomic mass is 9.98. The van der Waals surface area contributed by atoms with Crippen molar-refractivity contribution >= 4 is 23.1 Å². The van der Waals surface area contributed by atoms with Crippen LogP contribution in [-0.2, 0) is 20.7 Å². The molecule has 0 saturated carbocycles. The number of pyridine rings is 1. The molecule has 2 aromatic carbocycles. The molecule has 2 aromatic heterocycles. The van der Waals surface area contributed by atoms with Gasteiger partial charge in [-0.1, -0.05) is 48.5 Å². The van der Waals surface area contributed by atoms with E-state index in [9.17, 15) is 9.59 Å². The van der Waals surface area contributed by atoms with Gasteiger partial charge in [0.2, 0.25) is 0 Å². The van der Waals surface area contributed by atoms with Crippen LogP contribution in [0.25, 0.3) is 22.2 Å². The van der Waals surface area contributed by atoms with Gasteiger partial charge in [0.1, 0.15) is 18.3 Å². The van der Waals surface area contributed by atoms with Crippen molar-refractivity contribution in [2.75, 3.05) is 6.61 Å². The van der Waals surface area contributed by atoms with E-state index in [-0.39, 0.29) is 25.0 Å². The summed E-state index contributed by atoms with van der Waals surface area (Å²) in [6.45, 7) is 3.72. The topological polar surface area (TPSA) is 93.3 Å². The number of rotatable bonds is 7. The van der Waals surface area contributed by atoms with Gasteiger partial charge < -0.3 is 19.8 Å². The third-order valence-corrected chi connectivity index (χ3v) is 6.23. The lowest BCUT2D eigenvalue weighted by Gasteiger charge is -2.20. The first kappa shape index (κ1) is 22.7. The Labute approximate surface area is 203 Å². The van der Waals surface area contributed by atoms with Crippen molar-refractivity contribution in [3.05, 3.63) is 89.7 Å². The lowest BCUT2D eigenvalue weighted by molar-refractivity contribution is -0.149. The van der Waals surface area contributed by atoms with Crippen LogP contribution in [0.15, 0.2) is 73.1 Å². The van der Waals surface area contributed by atoms with E-state index in [1.165, 1.54) is 0 Å². The van der Waals surface area contributed by atoms with Gasteiger partial charge in [-0.05, 0) is 53.8 Å². The van der Waals surface area contributed by atoms with Gasteiger partial charge in [-0.25, -0.2) is 14.6 Å². The highest BCUT2D eigenvalue weighted by Gasteiger charge is 2.30. The second kappa shape index (κ2) is 9.62. The number of carbonyl (C=O) groups excluding carboxylic acids is 2. The van der Waals surface area contributed by atoms with Crippen LogP contribution in [0.2, 0.25) is 0 Å². The van der Waals surface area contributed by atoms with Crippen molar-refractivity contribution in [3.8, 4) is 11.1 Å². The molecule has 0 radical (unpaired) electrons. The van der Waals surface area contributed by atoms with Crippen molar-refractivity contribution in [2.24, 2.45) is 0 Å². The number of nitrogens with one attached hydrogen (secondary N) is 2. The fourth-order valence-electron chi connectivity index (χ4n) is 4.69. The zero-order valence-electron chi connectivity index (χ0n) is 19.7. The van der Waals surface area contributed by atoms with Gasteiger partial charge in [-0.2, -0.15) is 0 Å². The standard InChI is InChI=1S/C28H27N3O4/c1-17(2)35-27(32)25(14-18-15-30-26-19(18)12-7-13-29-26)31-28(33)34-16-24-22-10-5-3-8-20(22)21-9-4-6-11-23(21)24/h3-13,15,17,24-25H,14,16H2,1-2H3,(H,29,30)(H,31,33)/t25-/m0/s1. The number of amides is 1. The molecule has 1 amide bonds. The van der Waals surface area contributed by atoms with Crippen LogP contribution in [0, 0.1) is 0 Å². The second-order valence-corrected chi connectivity index (χ2v) is 8.93. The van der Waals surface area contributed by atoms with Gasteiger partial charge in [0, 0.05) is 30.1 Å². The molecule has 0 unspecified atom stereocenters. The predicted molar refractivity (Wildman–Crippen MR) is 133 cm³/mol. The number of hydrogen-bond acceptors (Lipinski definition) is 5. The molecule has 2 heterocycles. The molecule has 0 saturated heterocycles. The van der Waals surface area contributed by atoms with Crippen molar-refractivity contribution in [2.45, 2.75) is 38.3 Å². The summed E-state index contributed by atoms with van der Waals surface area (Å²) in [6.07, 6.45) is 2.78. The number of benzene rings is 2. The minimum Gasteiger partial charge on any atom is -0.461 e. The zero-order valence-corrected chi connectivity index (χ0v) is 19.7. The van der Waals surface area contributed by atoms with Crippen molar-refractivity contribution in [1.29, 1.82) is 0 Å². The Kier molecular flexibility index (Phi) is 6.23. The molecule has 0 spiro atoms. The third kappa shape index (κ3) is 4.62. The summed E-state index contributed by atoms with van der Waals surface area (Å²) >= 11 is 0. The molecule has 7 nitrogen and oxygen atoms in total. The molecule has 0 bridgehead atoms. The Hall–Kier alpha value is -4.13. The molecule has 5 rings (SSSR count). The molecule has 0 aliphatic heterocycles. The van der Waals surface area contributed by atoms with Crippen LogP contribution in [-0.4, -0.2) is 40.8 Å². The van der Waals surface area contributed by atoms with Gasteiger partial charge in [0.15, 0.2) is 0 Å². The van der Waals surface area contributed by atoms with Crippen LogP contribution in [0.4, 0.5) is 4.79 Å². The second-order valence-electron chi connectivity index (χ2n) is 8.93. The van der Waals surface area contributed by atoms with Crippen molar-refractivity contribution in [1.82, 2.24) is 15.3 Å². The Bertz CT molecular complexity index is 1330. The fourth-order valence-corrected chi connectivity index (χ4v) is 4.69. The number of alkyl carbamates (subject to hydrolysis) is 1. The van der Waals surface area contributed by atoms with E-state index < -0.39 is 18.1 Å². The average molecular weight is 470 g/mol. The minimum atomic E-state index is -0.896. The van der Waals surface area contributed by atoms with Gasteiger partial charge in [-0.15, -0.1) is 0 Å². The quantitative estimate of drug-likeness (QED) is 0.373. The molecule has 2 N–H and O–H groups in total. The number of carbonyl (C=O) groups is 2. The Balaban J connectivity index is 1.31. The molecule has 0 fully saturated rings. The van der Waals surface area contributed by atoms with Crippen molar-refractivity contribution < 1.29 is 19.1 Å². The number of ether oxygens (including phenoxy) is 2. The SMILES string of the molecule is CC(C)OC(=O)[C@H](Cc1c[nH]c2ncccc12)NC(=O)OCC1c2ccccc2-c2ccccc21. The Morgan fingerprint density at radius 2 is 1.69 bits per heavy atom. The van der Waals surface area contributed by atoms with E-state index in [1.807, 2.05) is 36.4 Å². The summed E-state index contributed by atoms with van der Waals surface area (Å²) in [6, 6.07) is 19.2. The van der Waals surface area contributed by atoms with Crippen LogP contribution in [0.3, 0.4) is 0 Å². The van der Waals surface area contributed by atoms with Gasteiger partial charge >= 0.3 is 12.1 Å². The summed E-state index contributed by atoms with van der Waals surface area (Å²) in [5, 5.41) is 3.62. The van der Waals surface area contributed by atoms with E-state index in [1.54, 1.807) is 26.2 Å². The molecule has 4 aromatic rings. The highest BCUT2D eigenvalue weighted by Crippen LogP contribution is 2.44. The lowest BCUT2D eigenvalue weighted by Crippen LogP contribution is -2.44. The maximum atomic E-state index is 12.9. The van der Waals surface area contributed by atoms with E-state index in [0.29, 0.717) is 0 Å². The Morgan fingerprint density at radius 3 is 2.37 bits per heavy atom. The van der Waals surface area contributed by atoms with E-state index in [0.717, 1.165) is 38.9 Å². The fraction of sp³-hybridized carbons (Fsp3) is 0.250. The number of nitrogens with zero attached hydrogens (tertiary/aromatic N) is 1. The number of hydrogen-bond donors (Lipinski definition) is 2. The van der Waals surface area contributed by atoms with Gasteiger partial charge in [-0.3, -0.25) is 0 Å². The highest BCUT2D eigenvalue weighted by molar-refractivity contribution is 5.85. The van der Waals surface area contributed by atoms with Gasteiger partial charge in [0.25, 0.3) is 0 Å². The molecule has 35 heavy (non-hydrogen) atoms. The first-order valence-corrected chi connectivity index (χ1v) is 11.7. The minimum absolute atomic E-state index is 0.0612. The summed E-state index contributed by atoms with van der Waals surface area (Å²) in [5.74, 6) is -0.569. The zero-order chi connectivity index (χ0) is 24.4. The monoisotopic (exact) mass is 469 g/mol. The van der Waals surface area contributed by atoms with E-state index >= 15 is 0 Å². The molecule has 1 atom stereocenters. The van der Waals surface area contributed by atoms with E-state index in [2.05, 4.69) is 39.6 Å². The average Bonchev–Trinajstić information content (AvgIpc) is 3.41. The smallest absolute Gasteiger partial charge is 0.407 e. The molecule has 7 heteroatoms. The third-order valence-electron chi connectivity index (χ3n) is 6.23. The summed E-state index contributed by atoms with van der Waals surface area (Å²) in [5.41, 5.74) is 6.15. The Morgan fingerprint density at radius 1 is 1.00 bits per heavy atom. The largest absolute Gasteiger partial charge is 0.461 e. The molecule has 1 aliphatic carbocycles. The number of esters is 1. The van der Waals surface area contributed by atoms with Crippen LogP contribution < -0.4 is 5.32 Å². The molecular weight excluding hydrogens is 442 g/mol. The van der Waals surface area contributed by atoms with Crippen LogP contribution in [0.1, 0.15) is 36.5 Å². The maximum Gasteiger partial charge on any atom is 0.407 e. The number of aromatic amines is 1. The molecule has 1 aliphatic rings. The number of fused-ring (bicyclic) bond motifs is 4. The summed E-state index contributed by atoms with van der Waals surface area (Å²) in [7, 11) is 0. The first-order chi connectivity index (χ1) is 17.0. The van der Waals surface area contributed by atoms with Gasteiger partial charge in [0.05, 0.1) is 6.10 Å². The maximum absolute atomic E-state index is 12.9. The summed E-state index contributed by atoms with van der Waals surface area (Å²) in [4.78, 5) is 33.1.